The van der Waals surface area contributed by atoms with Crippen molar-refractivity contribution in [2.75, 3.05) is 14.2 Å². The molecule has 2 aromatic carbocycles. The second kappa shape index (κ2) is 5.28. The third kappa shape index (κ3) is 2.23. The Labute approximate surface area is 121 Å². The van der Waals surface area contributed by atoms with Crippen molar-refractivity contribution in [2.45, 2.75) is 0 Å². The fourth-order valence-corrected chi connectivity index (χ4v) is 2.24. The molecule has 0 atom stereocenters. The Bertz CT molecular complexity index is 791. The quantitative estimate of drug-likeness (QED) is 0.690. The molecule has 1 aromatic heterocycles. The summed E-state index contributed by atoms with van der Waals surface area (Å²) >= 11 is 0. The molecule has 0 unspecified atom stereocenters. The van der Waals surface area contributed by atoms with Gasteiger partial charge in [0, 0.05) is 5.39 Å². The van der Waals surface area contributed by atoms with Gasteiger partial charge in [-0.3, -0.25) is 4.79 Å². The number of rotatable bonds is 4. The Morgan fingerprint density at radius 3 is 2.29 bits per heavy atom. The fourth-order valence-electron chi connectivity index (χ4n) is 2.24. The van der Waals surface area contributed by atoms with Crippen molar-refractivity contribution in [1.82, 2.24) is 9.78 Å². The molecule has 0 aliphatic carbocycles. The minimum atomic E-state index is 0.495. The number of benzene rings is 2. The van der Waals surface area contributed by atoms with E-state index in [2.05, 4.69) is 5.10 Å². The number of fused-ring (bicyclic) bond motifs is 1. The third-order valence-electron chi connectivity index (χ3n) is 3.34. The van der Waals surface area contributed by atoms with E-state index in [9.17, 15) is 4.79 Å². The van der Waals surface area contributed by atoms with Gasteiger partial charge < -0.3 is 9.47 Å². The van der Waals surface area contributed by atoms with Crippen molar-refractivity contribution in [3.05, 3.63) is 48.2 Å². The summed E-state index contributed by atoms with van der Waals surface area (Å²) in [4.78, 5) is 11.5. The molecule has 0 amide bonds. The first-order valence-electron chi connectivity index (χ1n) is 6.43. The van der Waals surface area contributed by atoms with Gasteiger partial charge in [0.05, 0.1) is 25.4 Å². The predicted octanol–water partition coefficient (Wildman–Crippen LogP) is 2.86. The first-order chi connectivity index (χ1) is 10.3. The van der Waals surface area contributed by atoms with E-state index in [1.807, 2.05) is 42.5 Å². The van der Waals surface area contributed by atoms with Crippen molar-refractivity contribution < 1.29 is 14.3 Å². The van der Waals surface area contributed by atoms with E-state index in [0.29, 0.717) is 11.4 Å². The summed E-state index contributed by atoms with van der Waals surface area (Å²) in [6.07, 6.45) is 0.805. The zero-order valence-electron chi connectivity index (χ0n) is 11.7. The maximum absolute atomic E-state index is 11.5. The zero-order chi connectivity index (χ0) is 14.8. The first-order valence-corrected chi connectivity index (χ1v) is 6.43. The number of carbonyl (C=O) groups excluding carboxylic acids is 1. The van der Waals surface area contributed by atoms with Crippen molar-refractivity contribution in [3.8, 4) is 17.2 Å². The summed E-state index contributed by atoms with van der Waals surface area (Å²) in [5.74, 6) is 1.45. The predicted molar refractivity (Wildman–Crippen MR) is 79.6 cm³/mol. The van der Waals surface area contributed by atoms with Crippen LogP contribution in [0.4, 0.5) is 0 Å². The summed E-state index contributed by atoms with van der Waals surface area (Å²) < 4.78 is 12.0. The fraction of sp³-hybridized carbons (Fsp3) is 0.125. The first kappa shape index (κ1) is 13.2. The SMILES string of the molecule is COc1ccc(-n2nc3ccc(OC)cc3c2C=O)cc1. The molecule has 0 saturated heterocycles. The van der Waals surface area contributed by atoms with Crippen LogP contribution >= 0.6 is 0 Å². The molecule has 5 heteroatoms. The van der Waals surface area contributed by atoms with Crippen LogP contribution in [0.3, 0.4) is 0 Å². The third-order valence-corrected chi connectivity index (χ3v) is 3.34. The molecule has 21 heavy (non-hydrogen) atoms. The Morgan fingerprint density at radius 2 is 1.67 bits per heavy atom. The summed E-state index contributed by atoms with van der Waals surface area (Å²) in [7, 11) is 3.20. The molecule has 0 saturated carbocycles. The van der Waals surface area contributed by atoms with Gasteiger partial charge >= 0.3 is 0 Å². The Hall–Kier alpha value is -2.82. The number of methoxy groups -OCH3 is 2. The van der Waals surface area contributed by atoms with Gasteiger partial charge in [0.1, 0.15) is 17.2 Å². The van der Waals surface area contributed by atoms with Crippen LogP contribution in [-0.2, 0) is 0 Å². The number of carbonyl (C=O) groups is 1. The minimum Gasteiger partial charge on any atom is -0.497 e. The summed E-state index contributed by atoms with van der Waals surface area (Å²) in [6, 6.07) is 12.8. The monoisotopic (exact) mass is 282 g/mol. The molecule has 1 heterocycles. The van der Waals surface area contributed by atoms with E-state index in [-0.39, 0.29) is 0 Å². The van der Waals surface area contributed by atoms with Crippen molar-refractivity contribution in [1.29, 1.82) is 0 Å². The van der Waals surface area contributed by atoms with Gasteiger partial charge in [0.2, 0.25) is 0 Å². The van der Waals surface area contributed by atoms with E-state index in [0.717, 1.165) is 28.6 Å². The minimum absolute atomic E-state index is 0.495. The van der Waals surface area contributed by atoms with E-state index in [1.54, 1.807) is 18.9 Å². The molecule has 0 aliphatic rings. The largest absolute Gasteiger partial charge is 0.497 e. The number of aromatic nitrogens is 2. The van der Waals surface area contributed by atoms with Crippen LogP contribution < -0.4 is 9.47 Å². The van der Waals surface area contributed by atoms with Gasteiger partial charge in [-0.05, 0) is 42.5 Å². The average molecular weight is 282 g/mol. The Balaban J connectivity index is 2.19. The normalized spacial score (nSPS) is 10.6. The van der Waals surface area contributed by atoms with Crippen LogP contribution in [0.25, 0.3) is 16.6 Å². The summed E-state index contributed by atoms with van der Waals surface area (Å²) in [6.45, 7) is 0. The van der Waals surface area contributed by atoms with E-state index in [1.165, 1.54) is 0 Å². The van der Waals surface area contributed by atoms with Gasteiger partial charge in [-0.2, -0.15) is 5.10 Å². The highest BCUT2D eigenvalue weighted by Crippen LogP contribution is 2.25. The lowest BCUT2D eigenvalue weighted by molar-refractivity contribution is 0.111. The molecule has 0 fully saturated rings. The smallest absolute Gasteiger partial charge is 0.169 e. The highest BCUT2D eigenvalue weighted by atomic mass is 16.5. The van der Waals surface area contributed by atoms with Gasteiger partial charge in [0.25, 0.3) is 0 Å². The lowest BCUT2D eigenvalue weighted by Gasteiger charge is -2.05. The number of ether oxygens (including phenoxy) is 2. The number of hydrogen-bond acceptors (Lipinski definition) is 4. The molecule has 3 aromatic rings. The van der Waals surface area contributed by atoms with Crippen LogP contribution in [0.15, 0.2) is 42.5 Å². The number of hydrogen-bond donors (Lipinski definition) is 0. The van der Waals surface area contributed by atoms with Crippen LogP contribution in [0, 0.1) is 0 Å². The molecule has 5 nitrogen and oxygen atoms in total. The zero-order valence-corrected chi connectivity index (χ0v) is 11.7. The van der Waals surface area contributed by atoms with Crippen LogP contribution in [0.5, 0.6) is 11.5 Å². The molecular weight excluding hydrogens is 268 g/mol. The van der Waals surface area contributed by atoms with Crippen molar-refractivity contribution in [2.24, 2.45) is 0 Å². The molecule has 0 radical (unpaired) electrons. The van der Waals surface area contributed by atoms with Crippen molar-refractivity contribution >= 4 is 17.2 Å². The maximum atomic E-state index is 11.5. The van der Waals surface area contributed by atoms with Gasteiger partial charge in [-0.25, -0.2) is 4.68 Å². The van der Waals surface area contributed by atoms with Gasteiger partial charge in [-0.1, -0.05) is 0 Å². The maximum Gasteiger partial charge on any atom is 0.169 e. The Kier molecular flexibility index (Phi) is 3.31. The molecule has 0 N–H and O–H groups in total. The topological polar surface area (TPSA) is 53.4 Å². The lowest BCUT2D eigenvalue weighted by atomic mass is 10.2. The average Bonchev–Trinajstić information content (AvgIpc) is 2.92. The van der Waals surface area contributed by atoms with E-state index in [4.69, 9.17) is 9.47 Å². The standard InChI is InChI=1S/C16H14N2O3/c1-20-12-5-3-11(4-6-12)18-16(10-19)14-9-13(21-2)7-8-15(14)17-18/h3-10H,1-2H3. The molecular formula is C16H14N2O3. The molecule has 106 valence electrons. The van der Waals surface area contributed by atoms with Crippen LogP contribution in [0.1, 0.15) is 10.5 Å². The molecule has 3 rings (SSSR count). The second-order valence-corrected chi connectivity index (χ2v) is 4.50. The number of aldehydes is 1. The van der Waals surface area contributed by atoms with Gasteiger partial charge in [0.15, 0.2) is 6.29 Å². The highest BCUT2D eigenvalue weighted by Gasteiger charge is 2.13. The molecule has 0 aliphatic heterocycles. The lowest BCUT2D eigenvalue weighted by Crippen LogP contribution is -2.01. The highest BCUT2D eigenvalue weighted by molar-refractivity contribution is 5.96. The van der Waals surface area contributed by atoms with Gasteiger partial charge in [-0.15, -0.1) is 0 Å². The molecule has 0 spiro atoms. The van der Waals surface area contributed by atoms with E-state index < -0.39 is 0 Å². The van der Waals surface area contributed by atoms with Crippen LogP contribution in [-0.4, -0.2) is 30.3 Å². The Morgan fingerprint density at radius 1 is 1.00 bits per heavy atom. The van der Waals surface area contributed by atoms with Crippen LogP contribution in [0.2, 0.25) is 0 Å². The summed E-state index contributed by atoms with van der Waals surface area (Å²) in [5, 5.41) is 5.24. The number of nitrogens with zero attached hydrogens (tertiary/aromatic N) is 2. The van der Waals surface area contributed by atoms with Crippen molar-refractivity contribution in [3.63, 3.8) is 0 Å². The summed E-state index contributed by atoms with van der Waals surface area (Å²) in [5.41, 5.74) is 2.04. The van der Waals surface area contributed by atoms with E-state index >= 15 is 0 Å². The molecule has 0 bridgehead atoms. The second-order valence-electron chi connectivity index (χ2n) is 4.50.